The number of hydrogen-bond donors (Lipinski definition) is 2. The Morgan fingerprint density at radius 1 is 1.14 bits per heavy atom. The minimum atomic E-state index is -0.122. The summed E-state index contributed by atoms with van der Waals surface area (Å²) in [6.45, 7) is 11.3. The predicted molar refractivity (Wildman–Crippen MR) is 89.9 cm³/mol. The molecular weight excluding hydrogens is 278 g/mol. The molecule has 0 fully saturated rings. The molecule has 1 aromatic carbocycles. The lowest BCUT2D eigenvalue weighted by molar-refractivity contribution is -0.117. The van der Waals surface area contributed by atoms with Gasteiger partial charge in [0.05, 0.1) is 6.54 Å². The van der Waals surface area contributed by atoms with Crippen molar-refractivity contribution in [2.75, 3.05) is 31.5 Å². The summed E-state index contributed by atoms with van der Waals surface area (Å²) in [4.78, 5) is 25.6. The van der Waals surface area contributed by atoms with Gasteiger partial charge in [0.15, 0.2) is 0 Å². The van der Waals surface area contributed by atoms with Gasteiger partial charge in [-0.2, -0.15) is 0 Å². The second-order valence-electron chi connectivity index (χ2n) is 4.76. The van der Waals surface area contributed by atoms with Crippen molar-refractivity contribution in [1.82, 2.24) is 10.2 Å². The Labute approximate surface area is 131 Å². The Morgan fingerprint density at radius 2 is 1.73 bits per heavy atom. The molecule has 0 bridgehead atoms. The number of nitrogens with one attached hydrogen (secondary N) is 2. The molecule has 0 aliphatic carbocycles. The molecule has 2 amide bonds. The number of anilines is 1. The van der Waals surface area contributed by atoms with Crippen molar-refractivity contribution < 1.29 is 9.59 Å². The molecule has 0 spiro atoms. The van der Waals surface area contributed by atoms with Crippen LogP contribution in [0.2, 0.25) is 0 Å². The lowest BCUT2D eigenvalue weighted by Crippen LogP contribution is -2.33. The molecule has 1 rings (SSSR count). The molecule has 0 atom stereocenters. The zero-order chi connectivity index (χ0) is 16.4. The van der Waals surface area contributed by atoms with E-state index in [4.69, 9.17) is 0 Å². The Bertz CT molecular complexity index is 513. The van der Waals surface area contributed by atoms with E-state index in [1.54, 1.807) is 36.4 Å². The van der Waals surface area contributed by atoms with Gasteiger partial charge in [0.25, 0.3) is 5.91 Å². The van der Waals surface area contributed by atoms with Gasteiger partial charge < -0.3 is 10.6 Å². The zero-order valence-electron chi connectivity index (χ0n) is 13.0. The smallest absolute Gasteiger partial charge is 0.251 e. The molecule has 1 aromatic rings. The van der Waals surface area contributed by atoms with Crippen LogP contribution >= 0.6 is 0 Å². The molecule has 0 unspecified atom stereocenters. The fraction of sp³-hybridized carbons (Fsp3) is 0.294. The second kappa shape index (κ2) is 9.52. The maximum atomic E-state index is 12.0. The lowest BCUT2D eigenvalue weighted by Gasteiger charge is -2.18. The Balaban J connectivity index is 2.58. The highest BCUT2D eigenvalue weighted by atomic mass is 16.2. The maximum Gasteiger partial charge on any atom is 0.251 e. The SMILES string of the molecule is C=CCN(CC=C)CC(=O)Nc1ccc(C(=O)NCC)cc1. The summed E-state index contributed by atoms with van der Waals surface area (Å²) in [5.41, 5.74) is 1.23. The average molecular weight is 301 g/mol. The number of carbonyl (C=O) groups excluding carboxylic acids is 2. The predicted octanol–water partition coefficient (Wildman–Crippen LogP) is 2.05. The fourth-order valence-corrected chi connectivity index (χ4v) is 1.94. The van der Waals surface area contributed by atoms with Crippen LogP contribution in [-0.2, 0) is 4.79 Å². The summed E-state index contributed by atoms with van der Waals surface area (Å²) in [7, 11) is 0. The lowest BCUT2D eigenvalue weighted by atomic mass is 10.2. The maximum absolute atomic E-state index is 12.0. The largest absolute Gasteiger partial charge is 0.352 e. The van der Waals surface area contributed by atoms with Crippen molar-refractivity contribution in [3.05, 3.63) is 55.1 Å². The standard InChI is InChI=1S/C17H23N3O2/c1-4-11-20(12-5-2)13-16(21)19-15-9-7-14(8-10-15)17(22)18-6-3/h4-5,7-10H,1-2,6,11-13H2,3H3,(H,18,22)(H,19,21). The van der Waals surface area contributed by atoms with Crippen LogP contribution in [0.4, 0.5) is 5.69 Å². The number of amides is 2. The quantitative estimate of drug-likeness (QED) is 0.686. The molecule has 0 saturated heterocycles. The van der Waals surface area contributed by atoms with Gasteiger partial charge in [-0.1, -0.05) is 12.2 Å². The number of nitrogens with zero attached hydrogens (tertiary/aromatic N) is 1. The van der Waals surface area contributed by atoms with Crippen molar-refractivity contribution in [3.8, 4) is 0 Å². The topological polar surface area (TPSA) is 61.4 Å². The van der Waals surface area contributed by atoms with E-state index < -0.39 is 0 Å². The minimum absolute atomic E-state index is 0.116. The second-order valence-corrected chi connectivity index (χ2v) is 4.76. The first kappa shape index (κ1) is 17.7. The van der Waals surface area contributed by atoms with Crippen LogP contribution in [-0.4, -0.2) is 42.9 Å². The number of benzene rings is 1. The molecule has 0 saturated carbocycles. The molecular formula is C17H23N3O2. The molecule has 0 aliphatic heterocycles. The van der Waals surface area contributed by atoms with Crippen molar-refractivity contribution >= 4 is 17.5 Å². The summed E-state index contributed by atoms with van der Waals surface area (Å²) >= 11 is 0. The highest BCUT2D eigenvalue weighted by molar-refractivity contribution is 5.96. The van der Waals surface area contributed by atoms with Crippen LogP contribution in [0.1, 0.15) is 17.3 Å². The first-order chi connectivity index (χ1) is 10.6. The van der Waals surface area contributed by atoms with Gasteiger partial charge in [-0.3, -0.25) is 14.5 Å². The van der Waals surface area contributed by atoms with Crippen LogP contribution in [0, 0.1) is 0 Å². The highest BCUT2D eigenvalue weighted by Gasteiger charge is 2.09. The normalized spacial score (nSPS) is 10.1. The molecule has 5 heteroatoms. The Hall–Kier alpha value is -2.40. The van der Waals surface area contributed by atoms with Crippen molar-refractivity contribution in [3.63, 3.8) is 0 Å². The monoisotopic (exact) mass is 301 g/mol. The highest BCUT2D eigenvalue weighted by Crippen LogP contribution is 2.09. The summed E-state index contributed by atoms with van der Waals surface area (Å²) in [6.07, 6.45) is 3.50. The number of rotatable bonds is 9. The van der Waals surface area contributed by atoms with Gasteiger partial charge >= 0.3 is 0 Å². The molecule has 2 N–H and O–H groups in total. The first-order valence-electron chi connectivity index (χ1n) is 7.23. The van der Waals surface area contributed by atoms with E-state index in [1.165, 1.54) is 0 Å². The molecule has 22 heavy (non-hydrogen) atoms. The third-order valence-electron chi connectivity index (χ3n) is 2.91. The Kier molecular flexibility index (Phi) is 7.64. The van der Waals surface area contributed by atoms with E-state index in [1.807, 2.05) is 11.8 Å². The fourth-order valence-electron chi connectivity index (χ4n) is 1.94. The average Bonchev–Trinajstić information content (AvgIpc) is 2.48. The molecule has 0 aromatic heterocycles. The van der Waals surface area contributed by atoms with Crippen LogP contribution in [0.15, 0.2) is 49.6 Å². The van der Waals surface area contributed by atoms with Crippen LogP contribution in [0.5, 0.6) is 0 Å². The van der Waals surface area contributed by atoms with Crippen LogP contribution in [0.25, 0.3) is 0 Å². The van der Waals surface area contributed by atoms with Gasteiger partial charge in [-0.15, -0.1) is 13.2 Å². The molecule has 0 aliphatic rings. The van der Waals surface area contributed by atoms with Gasteiger partial charge in [0.1, 0.15) is 0 Å². The number of carbonyl (C=O) groups is 2. The number of hydrogen-bond acceptors (Lipinski definition) is 3. The zero-order valence-corrected chi connectivity index (χ0v) is 13.0. The third kappa shape index (κ3) is 5.93. The van der Waals surface area contributed by atoms with E-state index in [2.05, 4.69) is 23.8 Å². The first-order valence-corrected chi connectivity index (χ1v) is 7.23. The van der Waals surface area contributed by atoms with Crippen LogP contribution in [0.3, 0.4) is 0 Å². The van der Waals surface area contributed by atoms with E-state index in [0.717, 1.165) is 0 Å². The van der Waals surface area contributed by atoms with Gasteiger partial charge in [-0.25, -0.2) is 0 Å². The van der Waals surface area contributed by atoms with Gasteiger partial charge in [0.2, 0.25) is 5.91 Å². The molecule has 0 radical (unpaired) electrons. The minimum Gasteiger partial charge on any atom is -0.352 e. The molecule has 0 heterocycles. The molecule has 5 nitrogen and oxygen atoms in total. The van der Waals surface area contributed by atoms with Gasteiger partial charge in [0, 0.05) is 30.9 Å². The summed E-state index contributed by atoms with van der Waals surface area (Å²) in [5, 5.41) is 5.53. The van der Waals surface area contributed by atoms with Crippen LogP contribution < -0.4 is 10.6 Å². The van der Waals surface area contributed by atoms with Crippen molar-refractivity contribution in [1.29, 1.82) is 0 Å². The third-order valence-corrected chi connectivity index (χ3v) is 2.91. The molecule has 118 valence electrons. The van der Waals surface area contributed by atoms with E-state index in [9.17, 15) is 9.59 Å². The summed E-state index contributed by atoms with van der Waals surface area (Å²) in [6, 6.07) is 6.80. The Morgan fingerprint density at radius 3 is 2.23 bits per heavy atom. The van der Waals surface area contributed by atoms with Crippen molar-refractivity contribution in [2.24, 2.45) is 0 Å². The van der Waals surface area contributed by atoms with E-state index >= 15 is 0 Å². The van der Waals surface area contributed by atoms with Gasteiger partial charge in [-0.05, 0) is 31.2 Å². The van der Waals surface area contributed by atoms with E-state index in [0.29, 0.717) is 30.9 Å². The van der Waals surface area contributed by atoms with Crippen molar-refractivity contribution in [2.45, 2.75) is 6.92 Å². The summed E-state index contributed by atoms with van der Waals surface area (Å²) < 4.78 is 0. The van der Waals surface area contributed by atoms with E-state index in [-0.39, 0.29) is 18.4 Å². The summed E-state index contributed by atoms with van der Waals surface area (Å²) in [5.74, 6) is -0.238.